The highest BCUT2D eigenvalue weighted by Crippen LogP contribution is 2.61. The molecule has 5 heteroatoms. The average Bonchev–Trinajstić information content (AvgIpc) is 2.12. The molecule has 4 nitrogen and oxygen atoms in total. The van der Waals surface area contributed by atoms with Gasteiger partial charge in [-0.05, 0) is 61.7 Å². The molecule has 4 rings (SSSR count). The molecule has 4 fully saturated rings. The van der Waals surface area contributed by atoms with Crippen molar-refractivity contribution in [3.8, 4) is 0 Å². The zero-order valence-corrected chi connectivity index (χ0v) is 10.7. The Balaban J connectivity index is 1.82. The Hall–Kier alpha value is -0.130. The van der Waals surface area contributed by atoms with E-state index in [0.29, 0.717) is 17.8 Å². The van der Waals surface area contributed by atoms with E-state index in [4.69, 9.17) is 4.55 Å². The van der Waals surface area contributed by atoms with Crippen LogP contribution in [0.2, 0.25) is 0 Å². The van der Waals surface area contributed by atoms with E-state index in [9.17, 15) is 13.5 Å². The molecule has 0 aromatic rings. The molecule has 4 bridgehead atoms. The van der Waals surface area contributed by atoms with Crippen molar-refractivity contribution in [2.45, 2.75) is 44.6 Å². The van der Waals surface area contributed by atoms with Gasteiger partial charge in [0.05, 0.1) is 6.10 Å². The van der Waals surface area contributed by atoms with Gasteiger partial charge in [-0.3, -0.25) is 4.55 Å². The summed E-state index contributed by atoms with van der Waals surface area (Å²) in [5.41, 5.74) is -0.218. The Morgan fingerprint density at radius 2 is 1.47 bits per heavy atom. The van der Waals surface area contributed by atoms with Gasteiger partial charge in [-0.1, -0.05) is 0 Å². The second-order valence-electron chi connectivity index (χ2n) is 6.54. The quantitative estimate of drug-likeness (QED) is 0.753. The smallest absolute Gasteiger partial charge is 0.267 e. The molecule has 0 aromatic carbocycles. The lowest BCUT2D eigenvalue weighted by atomic mass is 9.48. The maximum Gasteiger partial charge on any atom is 0.267 e. The monoisotopic (exact) mass is 260 g/mol. The first kappa shape index (κ1) is 11.9. The molecule has 4 aliphatic rings. The molecule has 0 aromatic heterocycles. The third-order valence-corrected chi connectivity index (χ3v) is 5.90. The van der Waals surface area contributed by atoms with Gasteiger partial charge in [0.25, 0.3) is 10.1 Å². The Morgan fingerprint density at radius 1 is 1.06 bits per heavy atom. The molecule has 1 atom stereocenters. The molecule has 98 valence electrons. The fourth-order valence-electron chi connectivity index (χ4n) is 4.96. The van der Waals surface area contributed by atoms with Gasteiger partial charge in [0.1, 0.15) is 5.75 Å². The van der Waals surface area contributed by atoms with Gasteiger partial charge in [0.15, 0.2) is 0 Å². The van der Waals surface area contributed by atoms with Crippen LogP contribution in [0.4, 0.5) is 0 Å². The van der Waals surface area contributed by atoms with Crippen molar-refractivity contribution in [1.82, 2.24) is 0 Å². The highest BCUT2D eigenvalue weighted by Gasteiger charge is 2.54. The first-order valence-electron chi connectivity index (χ1n) is 6.49. The molecule has 1 unspecified atom stereocenters. The fourth-order valence-corrected chi connectivity index (χ4v) is 5.71. The second kappa shape index (κ2) is 3.68. The molecular weight excluding hydrogens is 240 g/mol. The first-order valence-corrected chi connectivity index (χ1v) is 8.10. The standard InChI is InChI=1S/C12H20O4S/c13-11(7-17(14,15)16)12-4-8-1-9(5-12)3-10(2-8)6-12/h8-11,13H,1-7H2,(H,14,15,16). The molecule has 0 aliphatic heterocycles. The summed E-state index contributed by atoms with van der Waals surface area (Å²) in [6, 6.07) is 0. The van der Waals surface area contributed by atoms with Crippen LogP contribution in [0, 0.1) is 23.2 Å². The van der Waals surface area contributed by atoms with Gasteiger partial charge in [-0.25, -0.2) is 0 Å². The third-order valence-electron chi connectivity index (χ3n) is 5.16. The molecule has 4 saturated carbocycles. The summed E-state index contributed by atoms with van der Waals surface area (Å²) in [7, 11) is -4.07. The molecule has 2 N–H and O–H groups in total. The molecule has 0 saturated heterocycles. The van der Waals surface area contributed by atoms with Crippen LogP contribution in [0.15, 0.2) is 0 Å². The van der Waals surface area contributed by atoms with Crippen molar-refractivity contribution in [3.63, 3.8) is 0 Å². The Labute approximate surface area is 102 Å². The number of rotatable bonds is 3. The van der Waals surface area contributed by atoms with E-state index in [1.54, 1.807) is 0 Å². The van der Waals surface area contributed by atoms with E-state index in [2.05, 4.69) is 0 Å². The largest absolute Gasteiger partial charge is 0.391 e. The zero-order chi connectivity index (χ0) is 12.3. The molecule has 4 aliphatic carbocycles. The van der Waals surface area contributed by atoms with Gasteiger partial charge in [-0.15, -0.1) is 0 Å². The van der Waals surface area contributed by atoms with Crippen LogP contribution >= 0.6 is 0 Å². The molecule has 0 heterocycles. The lowest BCUT2D eigenvalue weighted by Gasteiger charge is -2.58. The minimum absolute atomic E-state index is 0.218. The normalized spacial score (nSPS) is 46.1. The Kier molecular flexibility index (Phi) is 2.58. The highest BCUT2D eigenvalue weighted by atomic mass is 32.2. The van der Waals surface area contributed by atoms with Crippen LogP contribution in [-0.4, -0.2) is 29.9 Å². The van der Waals surface area contributed by atoms with Crippen LogP contribution in [0.3, 0.4) is 0 Å². The van der Waals surface area contributed by atoms with Gasteiger partial charge >= 0.3 is 0 Å². The predicted molar refractivity (Wildman–Crippen MR) is 63.0 cm³/mol. The first-order chi connectivity index (χ1) is 7.86. The van der Waals surface area contributed by atoms with Crippen molar-refractivity contribution in [3.05, 3.63) is 0 Å². The number of aliphatic hydroxyl groups is 1. The number of aliphatic hydroxyl groups excluding tert-OH is 1. The van der Waals surface area contributed by atoms with Crippen molar-refractivity contribution in [2.24, 2.45) is 23.2 Å². The molecule has 0 spiro atoms. The number of hydrogen-bond donors (Lipinski definition) is 2. The number of hydrogen-bond acceptors (Lipinski definition) is 3. The Bertz CT molecular complexity index is 379. The SMILES string of the molecule is O=S(=O)(O)CC(O)C12CC3CC(CC(C3)C1)C2. The summed E-state index contributed by atoms with van der Waals surface area (Å²) in [4.78, 5) is 0. The molecule has 0 radical (unpaired) electrons. The van der Waals surface area contributed by atoms with Crippen LogP contribution in [0.5, 0.6) is 0 Å². The summed E-state index contributed by atoms with van der Waals surface area (Å²) in [5.74, 6) is 1.55. The van der Waals surface area contributed by atoms with E-state index in [1.807, 2.05) is 0 Å². The van der Waals surface area contributed by atoms with Gasteiger partial charge < -0.3 is 5.11 Å². The van der Waals surface area contributed by atoms with Crippen molar-refractivity contribution in [2.75, 3.05) is 5.75 Å². The van der Waals surface area contributed by atoms with Gasteiger partial charge in [0.2, 0.25) is 0 Å². The minimum Gasteiger partial charge on any atom is -0.391 e. The molecular formula is C12H20O4S. The Morgan fingerprint density at radius 3 is 1.82 bits per heavy atom. The van der Waals surface area contributed by atoms with E-state index in [1.165, 1.54) is 19.3 Å². The van der Waals surface area contributed by atoms with Crippen molar-refractivity contribution in [1.29, 1.82) is 0 Å². The minimum atomic E-state index is -4.07. The summed E-state index contributed by atoms with van der Waals surface area (Å²) in [6.45, 7) is 0. The van der Waals surface area contributed by atoms with Gasteiger partial charge in [0, 0.05) is 0 Å². The van der Waals surface area contributed by atoms with Crippen LogP contribution in [-0.2, 0) is 10.1 Å². The topological polar surface area (TPSA) is 74.6 Å². The van der Waals surface area contributed by atoms with Gasteiger partial charge in [-0.2, -0.15) is 8.42 Å². The van der Waals surface area contributed by atoms with E-state index < -0.39 is 22.0 Å². The third kappa shape index (κ3) is 2.13. The molecule has 0 amide bonds. The summed E-state index contributed by atoms with van der Waals surface area (Å²) < 4.78 is 30.8. The van der Waals surface area contributed by atoms with Crippen LogP contribution in [0.25, 0.3) is 0 Å². The van der Waals surface area contributed by atoms with E-state index in [-0.39, 0.29) is 5.41 Å². The van der Waals surface area contributed by atoms with Crippen LogP contribution < -0.4 is 0 Å². The second-order valence-corrected chi connectivity index (χ2v) is 8.04. The van der Waals surface area contributed by atoms with Crippen molar-refractivity contribution >= 4 is 10.1 Å². The van der Waals surface area contributed by atoms with E-state index >= 15 is 0 Å². The average molecular weight is 260 g/mol. The maximum atomic E-state index is 10.9. The zero-order valence-electron chi connectivity index (χ0n) is 9.88. The fraction of sp³-hybridized carbons (Fsp3) is 1.00. The summed E-state index contributed by atoms with van der Waals surface area (Å²) >= 11 is 0. The van der Waals surface area contributed by atoms with Crippen LogP contribution in [0.1, 0.15) is 38.5 Å². The summed E-state index contributed by atoms with van der Waals surface area (Å²) in [6.07, 6.45) is 5.76. The van der Waals surface area contributed by atoms with E-state index in [0.717, 1.165) is 19.3 Å². The predicted octanol–water partition coefficient (Wildman–Crippen LogP) is 1.45. The molecule has 17 heavy (non-hydrogen) atoms. The van der Waals surface area contributed by atoms with Crippen molar-refractivity contribution < 1.29 is 18.1 Å². The lowest BCUT2D eigenvalue weighted by Crippen LogP contribution is -2.53. The highest BCUT2D eigenvalue weighted by molar-refractivity contribution is 7.85. The maximum absolute atomic E-state index is 10.9. The summed E-state index contributed by atoms with van der Waals surface area (Å²) in [5, 5.41) is 10.2. The lowest BCUT2D eigenvalue weighted by molar-refractivity contribution is -0.112.